The second-order valence-electron chi connectivity index (χ2n) is 3.72. The molecule has 0 aliphatic carbocycles. The Morgan fingerprint density at radius 1 is 1.73 bits per heavy atom. The molecule has 0 bridgehead atoms. The second-order valence-corrected chi connectivity index (χ2v) is 3.72. The molecule has 15 heavy (non-hydrogen) atoms. The second kappa shape index (κ2) is 4.92. The van der Waals surface area contributed by atoms with E-state index in [1.54, 1.807) is 0 Å². The normalized spacial score (nSPS) is 22.6. The van der Waals surface area contributed by atoms with Crippen LogP contribution in [0.3, 0.4) is 0 Å². The fraction of sp³-hybridized carbons (Fsp3) is 0.875. The molecule has 1 N–H and O–H groups in total. The minimum Gasteiger partial charge on any atom is -0.338 e. The number of rotatable bonds is 3. The molecule has 0 aromatic heterocycles. The van der Waals surface area contributed by atoms with Crippen molar-refractivity contribution in [3.8, 4) is 0 Å². The molecule has 0 spiro atoms. The summed E-state index contributed by atoms with van der Waals surface area (Å²) in [7, 11) is 1.95. The Labute approximate surface area is 88.9 Å². The van der Waals surface area contributed by atoms with Gasteiger partial charge in [0, 0.05) is 6.04 Å². The van der Waals surface area contributed by atoms with Gasteiger partial charge >= 0.3 is 0 Å². The molecule has 1 atom stereocenters. The summed E-state index contributed by atoms with van der Waals surface area (Å²) < 4.78 is 0. The van der Waals surface area contributed by atoms with Gasteiger partial charge in [-0.25, -0.2) is 10.1 Å². The van der Waals surface area contributed by atoms with Crippen molar-refractivity contribution in [1.82, 2.24) is 15.1 Å². The molecule has 1 aliphatic heterocycles. The summed E-state index contributed by atoms with van der Waals surface area (Å²) >= 11 is 0. The van der Waals surface area contributed by atoms with Crippen molar-refractivity contribution in [3.05, 3.63) is 10.1 Å². The van der Waals surface area contributed by atoms with Gasteiger partial charge in [-0.2, -0.15) is 0 Å². The lowest BCUT2D eigenvalue weighted by Crippen LogP contribution is -2.58. The van der Waals surface area contributed by atoms with Crippen molar-refractivity contribution in [2.45, 2.75) is 26.3 Å². The number of hydrogen-bond donors (Lipinski definition) is 1. The standard InChI is InChI=1S/C8H17N5O2/c1-4-7(2)12-6-11(3)5-9-8(12)10-13(14)15/h7H,4-6H2,1-3H3,(H,9,10)/t7-/m1/s1. The molecule has 0 saturated carbocycles. The molecule has 0 amide bonds. The molecule has 1 aliphatic rings. The Bertz CT molecular complexity index is 268. The quantitative estimate of drug-likeness (QED) is 0.533. The van der Waals surface area contributed by atoms with Crippen molar-refractivity contribution in [1.29, 1.82) is 0 Å². The topological polar surface area (TPSA) is 74.0 Å². The number of nitrogens with one attached hydrogen (secondary N) is 1. The largest absolute Gasteiger partial charge is 0.338 e. The maximum absolute atomic E-state index is 10.3. The van der Waals surface area contributed by atoms with Crippen LogP contribution in [-0.4, -0.2) is 47.2 Å². The third kappa shape index (κ3) is 3.05. The number of hydrogen-bond acceptors (Lipinski definition) is 3. The Morgan fingerprint density at radius 2 is 2.40 bits per heavy atom. The molecule has 1 saturated heterocycles. The summed E-state index contributed by atoms with van der Waals surface area (Å²) in [4.78, 5) is 14.3. The lowest BCUT2D eigenvalue weighted by molar-refractivity contribution is -0.486. The van der Waals surface area contributed by atoms with E-state index in [-0.39, 0.29) is 6.04 Å². The van der Waals surface area contributed by atoms with Crippen LogP contribution in [-0.2, 0) is 0 Å². The van der Waals surface area contributed by atoms with Crippen LogP contribution < -0.4 is 5.32 Å². The highest BCUT2D eigenvalue weighted by Crippen LogP contribution is 2.08. The van der Waals surface area contributed by atoms with Crippen LogP contribution in [0.5, 0.6) is 0 Å². The summed E-state index contributed by atoms with van der Waals surface area (Å²) in [5.41, 5.74) is 0. The highest BCUT2D eigenvalue weighted by Gasteiger charge is 2.25. The van der Waals surface area contributed by atoms with Crippen molar-refractivity contribution in [2.75, 3.05) is 20.4 Å². The highest BCUT2D eigenvalue weighted by molar-refractivity contribution is 5.80. The van der Waals surface area contributed by atoms with E-state index < -0.39 is 5.03 Å². The highest BCUT2D eigenvalue weighted by atomic mass is 16.7. The number of hydrazone groups is 1. The fourth-order valence-corrected chi connectivity index (χ4v) is 1.42. The van der Waals surface area contributed by atoms with Crippen molar-refractivity contribution >= 4 is 5.96 Å². The van der Waals surface area contributed by atoms with E-state index in [0.29, 0.717) is 19.3 Å². The van der Waals surface area contributed by atoms with Crippen LogP contribution in [0.4, 0.5) is 0 Å². The Balaban J connectivity index is 2.79. The molecular formula is C8H17N5O2. The zero-order chi connectivity index (χ0) is 11.4. The van der Waals surface area contributed by atoms with Gasteiger partial charge in [0.15, 0.2) is 5.03 Å². The zero-order valence-corrected chi connectivity index (χ0v) is 9.30. The van der Waals surface area contributed by atoms with E-state index in [4.69, 9.17) is 0 Å². The molecular weight excluding hydrogens is 198 g/mol. The van der Waals surface area contributed by atoms with E-state index in [1.165, 1.54) is 0 Å². The van der Waals surface area contributed by atoms with Crippen molar-refractivity contribution in [2.24, 2.45) is 5.10 Å². The lowest BCUT2D eigenvalue weighted by Gasteiger charge is -2.38. The van der Waals surface area contributed by atoms with Gasteiger partial charge in [-0.15, -0.1) is 0 Å². The first-order valence-electron chi connectivity index (χ1n) is 4.96. The third-order valence-corrected chi connectivity index (χ3v) is 2.47. The molecule has 86 valence electrons. The van der Waals surface area contributed by atoms with Crippen LogP contribution in [0.25, 0.3) is 0 Å². The van der Waals surface area contributed by atoms with E-state index in [2.05, 4.69) is 10.4 Å². The number of nitrogens with zero attached hydrogens (tertiary/aromatic N) is 4. The number of guanidine groups is 1. The zero-order valence-electron chi connectivity index (χ0n) is 9.30. The van der Waals surface area contributed by atoms with Gasteiger partial charge in [0.05, 0.1) is 13.3 Å². The summed E-state index contributed by atoms with van der Waals surface area (Å²) in [6.45, 7) is 5.31. The number of nitro groups is 1. The smallest absolute Gasteiger partial charge is 0.273 e. The Kier molecular flexibility index (Phi) is 3.84. The van der Waals surface area contributed by atoms with Gasteiger partial charge < -0.3 is 10.2 Å². The maximum atomic E-state index is 10.3. The molecule has 0 aromatic carbocycles. The van der Waals surface area contributed by atoms with Crippen LogP contribution in [0.2, 0.25) is 0 Å². The Hall–Kier alpha value is -1.37. The molecule has 0 unspecified atom stereocenters. The van der Waals surface area contributed by atoms with Gasteiger partial charge in [-0.1, -0.05) is 6.92 Å². The van der Waals surface area contributed by atoms with Crippen LogP contribution >= 0.6 is 0 Å². The van der Waals surface area contributed by atoms with Crippen molar-refractivity contribution in [3.63, 3.8) is 0 Å². The third-order valence-electron chi connectivity index (χ3n) is 2.47. The molecule has 1 rings (SSSR count). The maximum Gasteiger partial charge on any atom is 0.273 e. The van der Waals surface area contributed by atoms with Gasteiger partial charge in [-0.3, -0.25) is 4.90 Å². The van der Waals surface area contributed by atoms with Crippen LogP contribution in [0.15, 0.2) is 5.10 Å². The van der Waals surface area contributed by atoms with E-state index in [1.807, 2.05) is 30.7 Å². The Morgan fingerprint density at radius 3 is 2.93 bits per heavy atom. The van der Waals surface area contributed by atoms with E-state index in [0.717, 1.165) is 6.42 Å². The van der Waals surface area contributed by atoms with Gasteiger partial charge in [0.25, 0.3) is 5.96 Å². The van der Waals surface area contributed by atoms with Crippen LogP contribution in [0, 0.1) is 10.1 Å². The fourth-order valence-electron chi connectivity index (χ4n) is 1.42. The SMILES string of the molecule is CC[C@@H](C)N1CN(C)CN/C1=N/[N+](=O)[O-]. The predicted molar refractivity (Wildman–Crippen MR) is 56.7 cm³/mol. The predicted octanol–water partition coefficient (Wildman–Crippen LogP) is 0.0846. The van der Waals surface area contributed by atoms with Crippen LogP contribution in [0.1, 0.15) is 20.3 Å². The summed E-state index contributed by atoms with van der Waals surface area (Å²) in [5.74, 6) is 0.354. The van der Waals surface area contributed by atoms with E-state index >= 15 is 0 Å². The first-order chi connectivity index (χ1) is 7.04. The monoisotopic (exact) mass is 215 g/mol. The first kappa shape index (κ1) is 11.7. The lowest BCUT2D eigenvalue weighted by atomic mass is 10.2. The van der Waals surface area contributed by atoms with Crippen molar-refractivity contribution < 1.29 is 5.03 Å². The molecule has 7 nitrogen and oxygen atoms in total. The molecule has 1 heterocycles. The summed E-state index contributed by atoms with van der Waals surface area (Å²) in [5, 5.41) is 16.0. The molecule has 0 radical (unpaired) electrons. The van der Waals surface area contributed by atoms with E-state index in [9.17, 15) is 10.1 Å². The average molecular weight is 215 g/mol. The molecule has 0 aromatic rings. The minimum atomic E-state index is -0.664. The van der Waals surface area contributed by atoms with Gasteiger partial charge in [0.1, 0.15) is 5.10 Å². The first-order valence-corrected chi connectivity index (χ1v) is 4.96. The summed E-state index contributed by atoms with van der Waals surface area (Å²) in [6.07, 6.45) is 0.923. The average Bonchev–Trinajstić information content (AvgIpc) is 2.19. The van der Waals surface area contributed by atoms with Gasteiger partial charge in [0.2, 0.25) is 0 Å². The molecule has 1 fully saturated rings. The van der Waals surface area contributed by atoms with Gasteiger partial charge in [-0.05, 0) is 20.4 Å². The molecule has 7 heteroatoms. The minimum absolute atomic E-state index is 0.235. The summed E-state index contributed by atoms with van der Waals surface area (Å²) in [6, 6.07) is 0.235.